The first-order chi connectivity index (χ1) is 5.24. The third-order valence-corrected chi connectivity index (χ3v) is 1.33. The second-order valence-electron chi connectivity index (χ2n) is 1.96. The number of hydrogen-bond acceptors (Lipinski definition) is 3. The Morgan fingerprint density at radius 2 is 2.45 bits per heavy atom. The molecule has 0 N–H and O–H groups in total. The lowest BCUT2D eigenvalue weighted by Crippen LogP contribution is -2.05. The molecule has 11 heavy (non-hydrogen) atoms. The van der Waals surface area contributed by atoms with Crippen molar-refractivity contribution < 1.29 is 13.9 Å². The van der Waals surface area contributed by atoms with Crippen molar-refractivity contribution in [3.8, 4) is 0 Å². The maximum atomic E-state index is 11.0. The molecule has 0 fully saturated rings. The third kappa shape index (κ3) is 2.06. The average Bonchev–Trinajstić information content (AvgIpc) is 2.36. The van der Waals surface area contributed by atoms with Crippen molar-refractivity contribution in [3.63, 3.8) is 0 Å². The lowest BCUT2D eigenvalue weighted by Gasteiger charge is -1.92. The second-order valence-corrected chi connectivity index (χ2v) is 2.33. The fourth-order valence-electron chi connectivity index (χ4n) is 0.666. The molecule has 3 nitrogen and oxygen atoms in total. The fraction of sp³-hybridized carbons (Fsp3) is 0.286. The van der Waals surface area contributed by atoms with Crippen LogP contribution >= 0.6 is 11.6 Å². The molecule has 0 atom stereocenters. The van der Waals surface area contributed by atoms with Gasteiger partial charge in [-0.3, -0.25) is 4.79 Å². The van der Waals surface area contributed by atoms with E-state index < -0.39 is 0 Å². The molecular formula is C7H7ClO3. The molecule has 1 heterocycles. The summed E-state index contributed by atoms with van der Waals surface area (Å²) in [5, 5.41) is 0.212. The van der Waals surface area contributed by atoms with Crippen LogP contribution in [0.15, 0.2) is 16.5 Å². The van der Waals surface area contributed by atoms with Crippen LogP contribution in [0.3, 0.4) is 0 Å². The van der Waals surface area contributed by atoms with Crippen molar-refractivity contribution in [3.05, 3.63) is 23.1 Å². The second kappa shape index (κ2) is 3.55. The summed E-state index contributed by atoms with van der Waals surface area (Å²) in [5.74, 6) is 0.0243. The number of methoxy groups -OCH3 is 1. The van der Waals surface area contributed by atoms with Crippen LogP contribution in [0, 0.1) is 0 Å². The predicted octanol–water partition coefficient (Wildman–Crippen LogP) is 1.76. The average molecular weight is 175 g/mol. The van der Waals surface area contributed by atoms with Gasteiger partial charge in [0.05, 0.1) is 0 Å². The molecule has 0 aromatic carbocycles. The van der Waals surface area contributed by atoms with Gasteiger partial charge in [0.25, 0.3) is 0 Å². The van der Waals surface area contributed by atoms with Crippen LogP contribution in [0.1, 0.15) is 10.6 Å². The zero-order valence-electron chi connectivity index (χ0n) is 5.96. The van der Waals surface area contributed by atoms with E-state index in [0.29, 0.717) is 0 Å². The number of rotatable bonds is 3. The Balaban J connectivity index is 2.69. The SMILES string of the molecule is COCC(=O)c1ccc(Cl)o1. The van der Waals surface area contributed by atoms with Crippen molar-refractivity contribution in [2.75, 3.05) is 13.7 Å². The number of ketones is 1. The largest absolute Gasteiger partial charge is 0.442 e. The number of carbonyl (C=O) groups excluding carboxylic acids is 1. The molecule has 0 aliphatic carbocycles. The van der Waals surface area contributed by atoms with Gasteiger partial charge in [0, 0.05) is 7.11 Å². The van der Waals surface area contributed by atoms with Crippen molar-refractivity contribution in [1.82, 2.24) is 0 Å². The Labute approximate surface area is 68.9 Å². The van der Waals surface area contributed by atoms with E-state index in [2.05, 4.69) is 4.74 Å². The topological polar surface area (TPSA) is 39.4 Å². The van der Waals surface area contributed by atoms with Crippen molar-refractivity contribution in [1.29, 1.82) is 0 Å². The maximum absolute atomic E-state index is 11.0. The van der Waals surface area contributed by atoms with Crippen LogP contribution in [-0.4, -0.2) is 19.5 Å². The Morgan fingerprint density at radius 1 is 1.73 bits per heavy atom. The first-order valence-electron chi connectivity index (χ1n) is 3.01. The Kier molecular flexibility index (Phi) is 2.68. The van der Waals surface area contributed by atoms with E-state index in [1.54, 1.807) is 0 Å². The Morgan fingerprint density at radius 3 is 2.91 bits per heavy atom. The zero-order chi connectivity index (χ0) is 8.27. The third-order valence-electron chi connectivity index (χ3n) is 1.12. The van der Waals surface area contributed by atoms with Gasteiger partial charge in [0.2, 0.25) is 5.78 Å². The molecule has 0 saturated heterocycles. The van der Waals surface area contributed by atoms with E-state index in [9.17, 15) is 4.79 Å². The number of furan rings is 1. The number of hydrogen-bond donors (Lipinski definition) is 0. The van der Waals surface area contributed by atoms with E-state index in [-0.39, 0.29) is 23.4 Å². The molecule has 1 aromatic rings. The van der Waals surface area contributed by atoms with Crippen LogP contribution < -0.4 is 0 Å². The minimum atomic E-state index is -0.209. The molecule has 0 saturated carbocycles. The number of ether oxygens (including phenoxy) is 1. The van der Waals surface area contributed by atoms with Crippen molar-refractivity contribution >= 4 is 17.4 Å². The molecule has 0 aliphatic rings. The van der Waals surface area contributed by atoms with E-state index in [4.69, 9.17) is 16.0 Å². The van der Waals surface area contributed by atoms with Gasteiger partial charge in [-0.15, -0.1) is 0 Å². The summed E-state index contributed by atoms with van der Waals surface area (Å²) in [4.78, 5) is 11.0. The summed E-state index contributed by atoms with van der Waals surface area (Å²) < 4.78 is 9.45. The lowest BCUT2D eigenvalue weighted by molar-refractivity contribution is 0.0820. The molecule has 60 valence electrons. The fourth-order valence-corrected chi connectivity index (χ4v) is 0.812. The summed E-state index contributed by atoms with van der Waals surface area (Å²) in [6, 6.07) is 3.04. The van der Waals surface area contributed by atoms with Crippen LogP contribution in [-0.2, 0) is 4.74 Å². The highest BCUT2D eigenvalue weighted by Gasteiger charge is 2.08. The molecule has 0 unspecified atom stereocenters. The minimum Gasteiger partial charge on any atom is -0.442 e. The van der Waals surface area contributed by atoms with Gasteiger partial charge in [-0.05, 0) is 23.7 Å². The molecule has 0 radical (unpaired) electrons. The molecular weight excluding hydrogens is 168 g/mol. The minimum absolute atomic E-state index is 0.0177. The monoisotopic (exact) mass is 174 g/mol. The van der Waals surface area contributed by atoms with Gasteiger partial charge in [-0.25, -0.2) is 0 Å². The van der Waals surface area contributed by atoms with Gasteiger partial charge < -0.3 is 9.15 Å². The number of halogens is 1. The quantitative estimate of drug-likeness (QED) is 0.656. The highest BCUT2D eigenvalue weighted by molar-refractivity contribution is 6.29. The van der Waals surface area contributed by atoms with Crippen LogP contribution in [0.5, 0.6) is 0 Å². The van der Waals surface area contributed by atoms with E-state index in [1.165, 1.54) is 19.2 Å². The molecule has 1 rings (SSSR count). The Bertz CT molecular complexity index is 254. The maximum Gasteiger partial charge on any atom is 0.223 e. The van der Waals surface area contributed by atoms with E-state index >= 15 is 0 Å². The summed E-state index contributed by atoms with van der Waals surface area (Å²) >= 11 is 5.44. The standard InChI is InChI=1S/C7H7ClO3/c1-10-4-5(9)6-2-3-7(8)11-6/h2-3H,4H2,1H3. The van der Waals surface area contributed by atoms with Gasteiger partial charge >= 0.3 is 0 Å². The number of carbonyl (C=O) groups is 1. The highest BCUT2D eigenvalue weighted by atomic mass is 35.5. The summed E-state index contributed by atoms with van der Waals surface area (Å²) in [6.45, 7) is 0.0177. The van der Waals surface area contributed by atoms with Crippen molar-refractivity contribution in [2.24, 2.45) is 0 Å². The molecule has 4 heteroatoms. The first-order valence-corrected chi connectivity index (χ1v) is 3.39. The predicted molar refractivity (Wildman–Crippen MR) is 39.9 cm³/mol. The van der Waals surface area contributed by atoms with E-state index in [1.807, 2.05) is 0 Å². The van der Waals surface area contributed by atoms with Crippen LogP contribution in [0.2, 0.25) is 5.22 Å². The Hall–Kier alpha value is -0.800. The van der Waals surface area contributed by atoms with Gasteiger partial charge in [0.1, 0.15) is 6.61 Å². The summed E-state index contributed by atoms with van der Waals surface area (Å²) in [7, 11) is 1.45. The highest BCUT2D eigenvalue weighted by Crippen LogP contribution is 2.13. The molecule has 1 aromatic heterocycles. The normalized spacial score (nSPS) is 10.0. The van der Waals surface area contributed by atoms with E-state index in [0.717, 1.165) is 0 Å². The zero-order valence-corrected chi connectivity index (χ0v) is 6.72. The van der Waals surface area contributed by atoms with Gasteiger partial charge in [-0.2, -0.15) is 0 Å². The van der Waals surface area contributed by atoms with Crippen LogP contribution in [0.25, 0.3) is 0 Å². The summed E-state index contributed by atoms with van der Waals surface area (Å²) in [6.07, 6.45) is 0. The number of Topliss-reactive ketones (excluding diaryl/α,β-unsaturated/α-hetero) is 1. The molecule has 0 aliphatic heterocycles. The van der Waals surface area contributed by atoms with Gasteiger partial charge in [0.15, 0.2) is 11.0 Å². The smallest absolute Gasteiger partial charge is 0.223 e. The molecule has 0 amide bonds. The lowest BCUT2D eigenvalue weighted by atomic mass is 10.3. The molecule has 0 spiro atoms. The van der Waals surface area contributed by atoms with Crippen LogP contribution in [0.4, 0.5) is 0 Å². The first kappa shape index (κ1) is 8.30. The summed E-state index contributed by atoms with van der Waals surface area (Å²) in [5.41, 5.74) is 0. The molecule has 0 bridgehead atoms. The van der Waals surface area contributed by atoms with Gasteiger partial charge in [-0.1, -0.05) is 0 Å². The van der Waals surface area contributed by atoms with Crippen molar-refractivity contribution in [2.45, 2.75) is 0 Å².